The highest BCUT2D eigenvalue weighted by Crippen LogP contribution is 2.29. The van der Waals surface area contributed by atoms with Crippen LogP contribution in [-0.4, -0.2) is 32.5 Å². The molecule has 0 aliphatic heterocycles. The van der Waals surface area contributed by atoms with Gasteiger partial charge < -0.3 is 14.8 Å². The molecule has 2 rings (SSSR count). The van der Waals surface area contributed by atoms with Crippen LogP contribution >= 0.6 is 0 Å². The Morgan fingerprint density at radius 3 is 2.17 bits per heavy atom. The molecule has 2 aromatic carbocycles. The van der Waals surface area contributed by atoms with E-state index in [2.05, 4.69) is 5.32 Å². The summed E-state index contributed by atoms with van der Waals surface area (Å²) in [6.45, 7) is 0.273. The monoisotopic (exact) mass is 409 g/mol. The second-order valence-corrected chi connectivity index (χ2v) is 6.29. The molecule has 1 amide bonds. The third-order valence-electron chi connectivity index (χ3n) is 4.30. The normalized spacial score (nSPS) is 11.1. The number of ether oxygens (including phenoxy) is 2. The van der Waals surface area contributed by atoms with Crippen molar-refractivity contribution in [3.63, 3.8) is 0 Å². The molecule has 0 radical (unpaired) electrons. The Morgan fingerprint density at radius 2 is 1.59 bits per heavy atom. The number of methoxy groups -OCH3 is 2. The Morgan fingerprint density at radius 1 is 0.931 bits per heavy atom. The predicted octanol–water partition coefficient (Wildman–Crippen LogP) is 4.04. The molecule has 0 heterocycles. The summed E-state index contributed by atoms with van der Waals surface area (Å²) in [5.74, 6) is 0.430. The molecule has 0 unspecified atom stereocenters. The van der Waals surface area contributed by atoms with Crippen LogP contribution in [0.1, 0.15) is 34.3 Å². The van der Waals surface area contributed by atoms with Gasteiger partial charge in [-0.3, -0.25) is 9.59 Å². The fourth-order valence-corrected chi connectivity index (χ4v) is 2.68. The number of Topliss-reactive ketones (excluding diaryl/α,β-unsaturated/α-hetero) is 1. The molecule has 0 saturated heterocycles. The van der Waals surface area contributed by atoms with Crippen molar-refractivity contribution in [1.82, 2.24) is 5.32 Å². The Bertz CT molecular complexity index is 848. The minimum atomic E-state index is -4.37. The van der Waals surface area contributed by atoms with Crippen molar-refractivity contribution in [1.29, 1.82) is 0 Å². The molecule has 0 spiro atoms. The molecular formula is C21H22F3NO4. The first-order chi connectivity index (χ1) is 13.7. The third-order valence-corrected chi connectivity index (χ3v) is 4.30. The number of halogens is 3. The van der Waals surface area contributed by atoms with Crippen molar-refractivity contribution in [2.24, 2.45) is 0 Å². The minimum Gasteiger partial charge on any atom is -0.493 e. The quantitative estimate of drug-likeness (QED) is 0.635. The molecule has 1 N–H and O–H groups in total. The van der Waals surface area contributed by atoms with E-state index in [9.17, 15) is 22.8 Å². The summed E-state index contributed by atoms with van der Waals surface area (Å²) in [6.07, 6.45) is -3.93. The lowest BCUT2D eigenvalue weighted by molar-refractivity contribution is -0.137. The zero-order valence-corrected chi connectivity index (χ0v) is 16.1. The van der Waals surface area contributed by atoms with Crippen LogP contribution in [-0.2, 0) is 17.4 Å². The largest absolute Gasteiger partial charge is 0.493 e. The van der Waals surface area contributed by atoms with E-state index >= 15 is 0 Å². The van der Waals surface area contributed by atoms with Crippen molar-refractivity contribution < 1.29 is 32.2 Å². The lowest BCUT2D eigenvalue weighted by Crippen LogP contribution is -2.26. The molecule has 0 aliphatic rings. The highest BCUT2D eigenvalue weighted by atomic mass is 19.4. The van der Waals surface area contributed by atoms with E-state index < -0.39 is 11.7 Å². The maximum absolute atomic E-state index is 12.5. The fourth-order valence-electron chi connectivity index (χ4n) is 2.68. The number of alkyl halides is 3. The number of hydrogen-bond donors (Lipinski definition) is 1. The van der Waals surface area contributed by atoms with Gasteiger partial charge in [-0.15, -0.1) is 0 Å². The summed E-state index contributed by atoms with van der Waals surface area (Å²) in [5.41, 5.74) is 0.388. The van der Waals surface area contributed by atoms with E-state index in [-0.39, 0.29) is 31.1 Å². The van der Waals surface area contributed by atoms with Gasteiger partial charge in [-0.2, -0.15) is 13.2 Å². The fraction of sp³-hybridized carbons (Fsp3) is 0.333. The van der Waals surface area contributed by atoms with Gasteiger partial charge in [0, 0.05) is 24.9 Å². The highest BCUT2D eigenvalue weighted by Gasteiger charge is 2.29. The summed E-state index contributed by atoms with van der Waals surface area (Å²) in [4.78, 5) is 24.2. The van der Waals surface area contributed by atoms with E-state index in [1.165, 1.54) is 26.4 Å². The Hall–Kier alpha value is -3.03. The minimum absolute atomic E-state index is 0.0141. The Kier molecular flexibility index (Phi) is 7.64. The Balaban J connectivity index is 1.77. The van der Waals surface area contributed by atoms with Crippen LogP contribution in [0.5, 0.6) is 11.5 Å². The van der Waals surface area contributed by atoms with Crippen molar-refractivity contribution >= 4 is 11.7 Å². The summed E-state index contributed by atoms with van der Waals surface area (Å²) in [7, 11) is 2.96. The van der Waals surface area contributed by atoms with Crippen molar-refractivity contribution in [3.8, 4) is 11.5 Å². The van der Waals surface area contributed by atoms with Gasteiger partial charge in [0.1, 0.15) is 0 Å². The second kappa shape index (κ2) is 9.95. The SMILES string of the molecule is COc1ccc(C(=O)CCC(=O)NCCc2ccc(C(F)(F)F)cc2)cc1OC. The number of nitrogens with one attached hydrogen (secondary N) is 1. The van der Waals surface area contributed by atoms with Crippen LogP contribution in [0, 0.1) is 0 Å². The number of carbonyl (C=O) groups is 2. The average Bonchev–Trinajstić information content (AvgIpc) is 2.71. The molecule has 0 fully saturated rings. The van der Waals surface area contributed by atoms with Crippen LogP contribution in [0.25, 0.3) is 0 Å². The van der Waals surface area contributed by atoms with Gasteiger partial charge >= 0.3 is 6.18 Å². The average molecular weight is 409 g/mol. The molecular weight excluding hydrogens is 387 g/mol. The zero-order valence-electron chi connectivity index (χ0n) is 16.1. The van der Waals surface area contributed by atoms with Gasteiger partial charge in [-0.1, -0.05) is 12.1 Å². The number of hydrogen-bond acceptors (Lipinski definition) is 4. The lowest BCUT2D eigenvalue weighted by atomic mass is 10.1. The van der Waals surface area contributed by atoms with Crippen LogP contribution in [0.4, 0.5) is 13.2 Å². The van der Waals surface area contributed by atoms with Gasteiger partial charge in [0.05, 0.1) is 19.8 Å². The number of rotatable bonds is 9. The first-order valence-electron chi connectivity index (χ1n) is 8.92. The standard InChI is InChI=1S/C21H22F3NO4/c1-28-18-9-5-15(13-19(18)29-2)17(26)8-10-20(27)25-12-11-14-3-6-16(7-4-14)21(22,23)24/h3-7,9,13H,8,10-12H2,1-2H3,(H,25,27). The second-order valence-electron chi connectivity index (χ2n) is 6.29. The van der Waals surface area contributed by atoms with Gasteiger partial charge in [-0.05, 0) is 42.3 Å². The molecule has 0 aliphatic carbocycles. The zero-order chi connectivity index (χ0) is 21.4. The summed E-state index contributed by atoms with van der Waals surface area (Å²) in [6, 6.07) is 9.58. The van der Waals surface area contributed by atoms with Crippen LogP contribution < -0.4 is 14.8 Å². The van der Waals surface area contributed by atoms with Gasteiger partial charge in [-0.25, -0.2) is 0 Å². The molecule has 0 aromatic heterocycles. The molecule has 5 nitrogen and oxygen atoms in total. The van der Waals surface area contributed by atoms with Crippen LogP contribution in [0.3, 0.4) is 0 Å². The van der Waals surface area contributed by atoms with Crippen LogP contribution in [0.15, 0.2) is 42.5 Å². The summed E-state index contributed by atoms with van der Waals surface area (Å²) >= 11 is 0. The van der Waals surface area contributed by atoms with E-state index in [1.54, 1.807) is 18.2 Å². The number of amides is 1. The van der Waals surface area contributed by atoms with Crippen LogP contribution in [0.2, 0.25) is 0 Å². The number of ketones is 1. The molecule has 2 aromatic rings. The smallest absolute Gasteiger partial charge is 0.416 e. The van der Waals surface area contributed by atoms with Gasteiger partial charge in [0.2, 0.25) is 5.91 Å². The molecule has 0 saturated carbocycles. The highest BCUT2D eigenvalue weighted by molar-refractivity contribution is 5.98. The maximum atomic E-state index is 12.5. The van der Waals surface area contributed by atoms with E-state index in [1.807, 2.05) is 0 Å². The van der Waals surface area contributed by atoms with Crippen molar-refractivity contribution in [2.75, 3.05) is 20.8 Å². The van der Waals surface area contributed by atoms with E-state index in [0.717, 1.165) is 12.1 Å². The van der Waals surface area contributed by atoms with E-state index in [4.69, 9.17) is 9.47 Å². The molecule has 8 heteroatoms. The molecule has 0 atom stereocenters. The predicted molar refractivity (Wildman–Crippen MR) is 101 cm³/mol. The van der Waals surface area contributed by atoms with Crippen molar-refractivity contribution in [2.45, 2.75) is 25.4 Å². The number of carbonyl (C=O) groups excluding carboxylic acids is 2. The topological polar surface area (TPSA) is 64.6 Å². The first kappa shape index (κ1) is 22.3. The first-order valence-corrected chi connectivity index (χ1v) is 8.92. The van der Waals surface area contributed by atoms with Crippen molar-refractivity contribution in [3.05, 3.63) is 59.2 Å². The lowest BCUT2D eigenvalue weighted by Gasteiger charge is -2.09. The summed E-state index contributed by atoms with van der Waals surface area (Å²) in [5, 5.41) is 2.67. The molecule has 156 valence electrons. The number of benzene rings is 2. The molecule has 29 heavy (non-hydrogen) atoms. The molecule has 0 bridgehead atoms. The third kappa shape index (κ3) is 6.51. The van der Waals surface area contributed by atoms with Gasteiger partial charge in [0.25, 0.3) is 0 Å². The Labute approximate surface area is 166 Å². The van der Waals surface area contributed by atoms with E-state index in [0.29, 0.717) is 29.0 Å². The maximum Gasteiger partial charge on any atom is 0.416 e. The van der Waals surface area contributed by atoms with Gasteiger partial charge in [0.15, 0.2) is 17.3 Å². The summed E-state index contributed by atoms with van der Waals surface area (Å²) < 4.78 is 47.9.